The van der Waals surface area contributed by atoms with Crippen molar-refractivity contribution in [2.45, 2.75) is 0 Å². The van der Waals surface area contributed by atoms with E-state index in [2.05, 4.69) is 36.3 Å². The number of pyridine rings is 2. The summed E-state index contributed by atoms with van der Waals surface area (Å²) in [5, 5.41) is 7.26. The molecule has 0 saturated heterocycles. The Hall–Kier alpha value is -3.32. The molecule has 27 heavy (non-hydrogen) atoms. The lowest BCUT2D eigenvalue weighted by Gasteiger charge is -2.09. The van der Waals surface area contributed by atoms with Gasteiger partial charge in [0.25, 0.3) is 5.91 Å². The predicted molar refractivity (Wildman–Crippen MR) is 107 cm³/mol. The lowest BCUT2D eigenvalue weighted by Crippen LogP contribution is -2.16. The lowest BCUT2D eigenvalue weighted by molar-refractivity contribution is 0.102. The van der Waals surface area contributed by atoms with Crippen LogP contribution in [0.15, 0.2) is 84.0 Å². The van der Waals surface area contributed by atoms with Crippen LogP contribution >= 0.6 is 15.9 Å². The van der Waals surface area contributed by atoms with Gasteiger partial charge in [-0.05, 0) is 54.1 Å². The number of nitrogens with one attached hydrogen (secondary N) is 1. The summed E-state index contributed by atoms with van der Waals surface area (Å²) < 4.78 is 2.55. The van der Waals surface area contributed by atoms with E-state index in [1.54, 1.807) is 41.6 Å². The molecule has 6 nitrogen and oxygen atoms in total. The topological polar surface area (TPSA) is 72.7 Å². The first-order valence-corrected chi connectivity index (χ1v) is 8.97. The molecule has 0 spiro atoms. The summed E-state index contributed by atoms with van der Waals surface area (Å²) >= 11 is 3.38. The molecule has 3 heterocycles. The fourth-order valence-electron chi connectivity index (χ4n) is 2.62. The minimum atomic E-state index is -0.249. The zero-order chi connectivity index (χ0) is 18.6. The van der Waals surface area contributed by atoms with Gasteiger partial charge < -0.3 is 5.32 Å². The predicted octanol–water partition coefficient (Wildman–Crippen LogP) is 4.34. The number of hydrogen-bond acceptors (Lipinski definition) is 4. The quantitative estimate of drug-likeness (QED) is 0.533. The van der Waals surface area contributed by atoms with Crippen molar-refractivity contribution >= 4 is 27.5 Å². The third-order valence-electron chi connectivity index (χ3n) is 3.95. The first-order chi connectivity index (χ1) is 13.2. The van der Waals surface area contributed by atoms with E-state index in [9.17, 15) is 4.79 Å². The van der Waals surface area contributed by atoms with Crippen LogP contribution in [0.3, 0.4) is 0 Å². The number of nitrogens with zero attached hydrogens (tertiary/aromatic N) is 4. The second-order valence-corrected chi connectivity index (χ2v) is 6.66. The van der Waals surface area contributed by atoms with Crippen LogP contribution in [0.2, 0.25) is 0 Å². The average Bonchev–Trinajstić information content (AvgIpc) is 3.20. The van der Waals surface area contributed by atoms with E-state index in [-0.39, 0.29) is 5.91 Å². The molecule has 0 saturated carbocycles. The van der Waals surface area contributed by atoms with E-state index < -0.39 is 0 Å². The van der Waals surface area contributed by atoms with Gasteiger partial charge in [-0.3, -0.25) is 9.78 Å². The minimum Gasteiger partial charge on any atom is -0.322 e. The first-order valence-electron chi connectivity index (χ1n) is 8.18. The van der Waals surface area contributed by atoms with Gasteiger partial charge in [0.05, 0.1) is 11.8 Å². The van der Waals surface area contributed by atoms with Crippen LogP contribution in [0.5, 0.6) is 0 Å². The maximum atomic E-state index is 12.8. The second kappa shape index (κ2) is 7.51. The fourth-order valence-corrected chi connectivity index (χ4v) is 2.88. The maximum absolute atomic E-state index is 12.8. The van der Waals surface area contributed by atoms with E-state index in [4.69, 9.17) is 0 Å². The Morgan fingerprint density at radius 3 is 2.52 bits per heavy atom. The Bertz CT molecular complexity index is 1080. The number of amides is 1. The highest BCUT2D eigenvalue weighted by atomic mass is 79.9. The van der Waals surface area contributed by atoms with Crippen LogP contribution in [0.25, 0.3) is 16.9 Å². The zero-order valence-electron chi connectivity index (χ0n) is 14.1. The van der Waals surface area contributed by atoms with Crippen LogP contribution in [-0.4, -0.2) is 25.7 Å². The van der Waals surface area contributed by atoms with Gasteiger partial charge in [-0.25, -0.2) is 9.67 Å². The van der Waals surface area contributed by atoms with Crippen molar-refractivity contribution in [2.75, 3.05) is 5.32 Å². The summed E-state index contributed by atoms with van der Waals surface area (Å²) in [4.78, 5) is 21.1. The van der Waals surface area contributed by atoms with Crippen molar-refractivity contribution in [3.63, 3.8) is 0 Å². The Balaban J connectivity index is 1.64. The average molecular weight is 420 g/mol. The third kappa shape index (κ3) is 3.78. The molecule has 1 N–H and O–H groups in total. The summed E-state index contributed by atoms with van der Waals surface area (Å²) in [5.41, 5.74) is 3.05. The molecule has 132 valence electrons. The molecular formula is C20H14BrN5O. The van der Waals surface area contributed by atoms with Crippen LogP contribution in [0.4, 0.5) is 5.69 Å². The number of carbonyl (C=O) groups is 1. The largest absolute Gasteiger partial charge is 0.322 e. The molecule has 0 fully saturated rings. The number of anilines is 1. The fraction of sp³-hybridized carbons (Fsp3) is 0. The zero-order valence-corrected chi connectivity index (χ0v) is 15.7. The number of carbonyl (C=O) groups excluding carboxylic acids is 1. The van der Waals surface area contributed by atoms with Crippen LogP contribution in [0.1, 0.15) is 10.4 Å². The molecule has 0 aliphatic heterocycles. The van der Waals surface area contributed by atoms with Crippen molar-refractivity contribution in [1.82, 2.24) is 19.7 Å². The summed E-state index contributed by atoms with van der Waals surface area (Å²) in [6, 6.07) is 14.7. The van der Waals surface area contributed by atoms with E-state index >= 15 is 0 Å². The molecule has 7 heteroatoms. The van der Waals surface area contributed by atoms with Crippen LogP contribution in [0, 0.1) is 0 Å². The van der Waals surface area contributed by atoms with Gasteiger partial charge in [-0.2, -0.15) is 5.10 Å². The van der Waals surface area contributed by atoms with Gasteiger partial charge >= 0.3 is 0 Å². The molecular weight excluding hydrogens is 406 g/mol. The summed E-state index contributed by atoms with van der Waals surface area (Å²) in [6.07, 6.45) is 8.67. The van der Waals surface area contributed by atoms with Gasteiger partial charge in [0, 0.05) is 40.5 Å². The Morgan fingerprint density at radius 1 is 0.963 bits per heavy atom. The van der Waals surface area contributed by atoms with Crippen LogP contribution in [-0.2, 0) is 0 Å². The van der Waals surface area contributed by atoms with Gasteiger partial charge in [0.1, 0.15) is 0 Å². The molecule has 1 amide bonds. The number of rotatable bonds is 4. The normalized spacial score (nSPS) is 10.6. The van der Waals surface area contributed by atoms with E-state index in [1.165, 1.54) is 0 Å². The van der Waals surface area contributed by atoms with E-state index in [0.717, 1.165) is 15.6 Å². The molecule has 1 aromatic carbocycles. The monoisotopic (exact) mass is 419 g/mol. The molecule has 4 rings (SSSR count). The number of aromatic nitrogens is 4. The molecule has 0 aliphatic carbocycles. The Morgan fingerprint density at radius 2 is 1.74 bits per heavy atom. The van der Waals surface area contributed by atoms with Crippen molar-refractivity contribution in [3.8, 4) is 16.9 Å². The highest BCUT2D eigenvalue weighted by Gasteiger charge is 2.15. The van der Waals surface area contributed by atoms with Crippen molar-refractivity contribution in [3.05, 3.63) is 89.6 Å². The lowest BCUT2D eigenvalue weighted by atomic mass is 10.1. The van der Waals surface area contributed by atoms with Gasteiger partial charge in [0.2, 0.25) is 0 Å². The second-order valence-electron chi connectivity index (χ2n) is 5.75. The van der Waals surface area contributed by atoms with Crippen LogP contribution < -0.4 is 5.32 Å². The smallest absolute Gasteiger partial charge is 0.259 e. The SMILES string of the molecule is O=C(Nc1ccc(Br)cc1)c1cccnc1-n1cc(-c2ccncc2)cn1. The standard InChI is InChI=1S/C20H14BrN5O/c21-16-3-5-17(6-4-16)25-20(27)18-2-1-9-23-19(18)26-13-15(12-24-26)14-7-10-22-11-8-14/h1-13H,(H,25,27). The molecule has 0 aliphatic rings. The minimum absolute atomic E-state index is 0.249. The number of halogens is 1. The summed E-state index contributed by atoms with van der Waals surface area (Å²) in [5.74, 6) is 0.216. The van der Waals surface area contributed by atoms with E-state index in [0.29, 0.717) is 17.1 Å². The van der Waals surface area contributed by atoms with Gasteiger partial charge in [-0.15, -0.1) is 0 Å². The van der Waals surface area contributed by atoms with Crippen molar-refractivity contribution < 1.29 is 4.79 Å². The Kier molecular flexibility index (Phi) is 4.76. The van der Waals surface area contributed by atoms with Gasteiger partial charge in [-0.1, -0.05) is 15.9 Å². The number of hydrogen-bond donors (Lipinski definition) is 1. The van der Waals surface area contributed by atoms with Gasteiger partial charge in [0.15, 0.2) is 5.82 Å². The maximum Gasteiger partial charge on any atom is 0.259 e. The molecule has 0 unspecified atom stereocenters. The molecule has 3 aromatic heterocycles. The molecule has 0 atom stereocenters. The summed E-state index contributed by atoms with van der Waals surface area (Å²) in [6.45, 7) is 0. The highest BCUT2D eigenvalue weighted by molar-refractivity contribution is 9.10. The third-order valence-corrected chi connectivity index (χ3v) is 4.48. The van der Waals surface area contributed by atoms with Crippen molar-refractivity contribution in [1.29, 1.82) is 0 Å². The molecule has 4 aromatic rings. The summed E-state index contributed by atoms with van der Waals surface area (Å²) in [7, 11) is 0. The number of benzene rings is 1. The highest BCUT2D eigenvalue weighted by Crippen LogP contribution is 2.21. The van der Waals surface area contributed by atoms with E-state index in [1.807, 2.05) is 42.6 Å². The van der Waals surface area contributed by atoms with Crippen molar-refractivity contribution in [2.24, 2.45) is 0 Å². The molecule has 0 bridgehead atoms. The first kappa shape index (κ1) is 17.1. The molecule has 0 radical (unpaired) electrons. The Labute approximate surface area is 164 Å².